The fourth-order valence-corrected chi connectivity index (χ4v) is 1.83. The van der Waals surface area contributed by atoms with Crippen molar-refractivity contribution in [1.29, 1.82) is 0 Å². The molecule has 1 aliphatic heterocycles. The first kappa shape index (κ1) is 17.0. The van der Waals surface area contributed by atoms with Crippen LogP contribution >= 0.6 is 0 Å². The van der Waals surface area contributed by atoms with Crippen LogP contribution in [-0.4, -0.2) is 25.9 Å². The molecule has 1 amide bonds. The van der Waals surface area contributed by atoms with Crippen LogP contribution in [0.4, 0.5) is 18.6 Å². The van der Waals surface area contributed by atoms with Crippen LogP contribution < -0.4 is 61.0 Å². The molecule has 0 bridgehead atoms. The van der Waals surface area contributed by atoms with Crippen molar-refractivity contribution in [2.45, 2.75) is 12.8 Å². The van der Waals surface area contributed by atoms with E-state index >= 15 is 0 Å². The second-order valence-electron chi connectivity index (χ2n) is 4.16. The zero-order chi connectivity index (χ0) is 13.2. The smallest absolute Gasteiger partial charge is 0.522 e. The molecule has 1 heterocycles. The van der Waals surface area contributed by atoms with Crippen LogP contribution in [0.1, 0.15) is 12.8 Å². The number of rotatable bonds is 4. The van der Waals surface area contributed by atoms with E-state index in [1.165, 1.54) is 12.1 Å². The van der Waals surface area contributed by atoms with Crippen molar-refractivity contribution in [1.82, 2.24) is 0 Å². The summed E-state index contributed by atoms with van der Waals surface area (Å²) in [6, 6.07) is 6.09. The average molecular weight is 297 g/mol. The van der Waals surface area contributed by atoms with Crippen LogP contribution in [0.25, 0.3) is 0 Å². The molecule has 1 aromatic carbocycles. The number of carbonyl (C=O) groups is 1. The van der Waals surface area contributed by atoms with Crippen LogP contribution in [0.15, 0.2) is 24.3 Å². The van der Waals surface area contributed by atoms with Crippen LogP contribution in [0.5, 0.6) is 5.75 Å². The van der Waals surface area contributed by atoms with Crippen LogP contribution in [-0.2, 0) is 4.79 Å². The van der Waals surface area contributed by atoms with Gasteiger partial charge in [-0.05, 0) is 30.7 Å². The summed E-state index contributed by atoms with van der Waals surface area (Å²) in [5, 5.41) is 0. The number of carbonyl (C=O) groups excluding carboxylic acids is 1. The Morgan fingerprint density at radius 2 is 1.84 bits per heavy atom. The van der Waals surface area contributed by atoms with E-state index in [1.54, 1.807) is 17.0 Å². The van der Waals surface area contributed by atoms with E-state index in [4.69, 9.17) is 0 Å². The van der Waals surface area contributed by atoms with E-state index in [0.717, 1.165) is 6.42 Å². The van der Waals surface area contributed by atoms with Gasteiger partial charge in [-0.1, -0.05) is 0 Å². The summed E-state index contributed by atoms with van der Waals surface area (Å²) in [5.74, 6) is 0.201. The Kier molecular flexibility index (Phi) is 6.39. The maximum Gasteiger partial charge on any atom is 1.00 e. The number of nitrogens with zero attached hydrogens (tertiary/aromatic N) is 1. The summed E-state index contributed by atoms with van der Waals surface area (Å²) in [4.78, 5) is 13.1. The van der Waals surface area contributed by atoms with Crippen molar-refractivity contribution in [2.75, 3.05) is 18.0 Å². The monoisotopic (exact) mass is 297 g/mol. The fraction of sp³-hybridized carbons (Fsp3) is 0.364. The quantitative estimate of drug-likeness (QED) is 0.707. The third kappa shape index (κ3) is 5.11. The largest absolute Gasteiger partial charge is 1.00 e. The zero-order valence-corrected chi connectivity index (χ0v) is 13.7. The zero-order valence-electron chi connectivity index (χ0n) is 10.6. The predicted octanol–water partition coefficient (Wildman–Crippen LogP) is -0.417. The summed E-state index contributed by atoms with van der Waals surface area (Å²) in [5.41, 5.74) is 0.697. The SMILES string of the molecule is O=C1CCCN1c1ccc(OC[B-](F)(F)F)cc1.[K+]. The molecule has 98 valence electrons. The van der Waals surface area contributed by atoms with Gasteiger partial charge in [-0.15, -0.1) is 0 Å². The molecule has 8 heteroatoms. The topological polar surface area (TPSA) is 29.5 Å². The number of halogens is 3. The molecule has 3 nitrogen and oxygen atoms in total. The van der Waals surface area contributed by atoms with Gasteiger partial charge in [0.05, 0.1) is 6.51 Å². The van der Waals surface area contributed by atoms with Gasteiger partial charge in [0, 0.05) is 18.7 Å². The molecule has 1 aliphatic rings. The summed E-state index contributed by atoms with van der Waals surface area (Å²) in [6.45, 7) is -5.53. The molecular weight excluding hydrogens is 285 g/mol. The molecule has 0 unspecified atom stereocenters. The van der Waals surface area contributed by atoms with Crippen molar-refractivity contribution < 1.29 is 73.9 Å². The first-order chi connectivity index (χ1) is 8.46. The molecule has 0 atom stereocenters. The molecule has 0 aromatic heterocycles. The number of ether oxygens (including phenoxy) is 1. The number of hydrogen-bond donors (Lipinski definition) is 0. The molecule has 1 aromatic rings. The van der Waals surface area contributed by atoms with Gasteiger partial charge >= 0.3 is 58.4 Å². The second-order valence-corrected chi connectivity index (χ2v) is 4.16. The third-order valence-corrected chi connectivity index (χ3v) is 2.66. The van der Waals surface area contributed by atoms with E-state index in [9.17, 15) is 17.7 Å². The van der Waals surface area contributed by atoms with Crippen molar-refractivity contribution >= 4 is 18.6 Å². The number of amides is 1. The molecule has 0 spiro atoms. The number of hydrogen-bond acceptors (Lipinski definition) is 2. The van der Waals surface area contributed by atoms with E-state index in [0.29, 0.717) is 18.7 Å². The number of anilines is 1. The number of benzene rings is 1. The van der Waals surface area contributed by atoms with Crippen molar-refractivity contribution in [3.8, 4) is 5.75 Å². The van der Waals surface area contributed by atoms with Gasteiger partial charge in [0.15, 0.2) is 0 Å². The normalized spacial score (nSPS) is 15.3. The minimum Gasteiger partial charge on any atom is -0.522 e. The van der Waals surface area contributed by atoms with Gasteiger partial charge in [0.1, 0.15) is 5.75 Å². The van der Waals surface area contributed by atoms with E-state index in [-0.39, 0.29) is 63.0 Å². The fourth-order valence-electron chi connectivity index (χ4n) is 1.83. The standard InChI is InChI=1S/C11H12BF3NO2.K/c13-12(14,15)8-18-10-5-3-9(4-6-10)16-7-1-2-11(16)17;/h3-6H,1-2,7-8H2;/q-1;+1. The van der Waals surface area contributed by atoms with Gasteiger partial charge < -0.3 is 22.6 Å². The van der Waals surface area contributed by atoms with Gasteiger partial charge in [0.25, 0.3) is 0 Å². The molecule has 0 N–H and O–H groups in total. The third-order valence-electron chi connectivity index (χ3n) is 2.66. The van der Waals surface area contributed by atoms with E-state index in [1.807, 2.05) is 0 Å². The molecule has 0 saturated carbocycles. The molecular formula is C11H12BF3KNO2. The Morgan fingerprint density at radius 1 is 1.21 bits per heavy atom. The van der Waals surface area contributed by atoms with E-state index in [2.05, 4.69) is 4.74 Å². The molecule has 1 fully saturated rings. The summed E-state index contributed by atoms with van der Waals surface area (Å²) in [7, 11) is 0. The first-order valence-corrected chi connectivity index (χ1v) is 5.70. The van der Waals surface area contributed by atoms with Crippen molar-refractivity contribution in [3.05, 3.63) is 24.3 Å². The maximum absolute atomic E-state index is 12.0. The molecule has 2 rings (SSSR count). The summed E-state index contributed by atoms with van der Waals surface area (Å²) < 4.78 is 40.6. The van der Waals surface area contributed by atoms with Crippen molar-refractivity contribution in [2.24, 2.45) is 0 Å². The van der Waals surface area contributed by atoms with Gasteiger partial charge in [-0.25, -0.2) is 0 Å². The Balaban J connectivity index is 0.00000180. The molecule has 0 radical (unpaired) electrons. The van der Waals surface area contributed by atoms with Crippen LogP contribution in [0.2, 0.25) is 0 Å². The van der Waals surface area contributed by atoms with Gasteiger partial charge in [-0.2, -0.15) is 0 Å². The molecule has 0 aliphatic carbocycles. The predicted molar refractivity (Wildman–Crippen MR) is 62.6 cm³/mol. The van der Waals surface area contributed by atoms with Crippen LogP contribution in [0, 0.1) is 0 Å². The Labute approximate surface area is 152 Å². The second kappa shape index (κ2) is 7.12. The Morgan fingerprint density at radius 3 is 2.32 bits per heavy atom. The van der Waals surface area contributed by atoms with Gasteiger partial charge in [0.2, 0.25) is 5.91 Å². The van der Waals surface area contributed by atoms with Crippen molar-refractivity contribution in [3.63, 3.8) is 0 Å². The minimum atomic E-state index is -4.94. The van der Waals surface area contributed by atoms with E-state index < -0.39 is 13.5 Å². The van der Waals surface area contributed by atoms with Crippen LogP contribution in [0.3, 0.4) is 0 Å². The Hall–Kier alpha value is -0.0187. The maximum atomic E-state index is 12.0. The van der Waals surface area contributed by atoms with Gasteiger partial charge in [-0.3, -0.25) is 4.79 Å². The summed E-state index contributed by atoms with van der Waals surface area (Å²) in [6.07, 6.45) is 1.34. The minimum absolute atomic E-state index is 0. The molecule has 19 heavy (non-hydrogen) atoms. The summed E-state index contributed by atoms with van der Waals surface area (Å²) >= 11 is 0. The first-order valence-electron chi connectivity index (χ1n) is 5.70. The molecule has 1 saturated heterocycles. The average Bonchev–Trinajstić information content (AvgIpc) is 2.73. The Bertz CT molecular complexity index is 439.